The molecule has 1 aromatic heterocycles. The number of hydrogen-bond donors (Lipinski definition) is 2. The van der Waals surface area contributed by atoms with Gasteiger partial charge in [0.25, 0.3) is 0 Å². The van der Waals surface area contributed by atoms with Crippen molar-refractivity contribution in [2.24, 2.45) is 5.92 Å². The summed E-state index contributed by atoms with van der Waals surface area (Å²) in [7, 11) is 0. The summed E-state index contributed by atoms with van der Waals surface area (Å²) in [5.41, 5.74) is 3.32. The zero-order valence-electron chi connectivity index (χ0n) is 12.9. The van der Waals surface area contributed by atoms with Gasteiger partial charge in [-0.15, -0.1) is 0 Å². The molecule has 0 spiro atoms. The van der Waals surface area contributed by atoms with Crippen LogP contribution in [0.2, 0.25) is 0 Å². The Morgan fingerprint density at radius 2 is 1.85 bits per heavy atom. The molecule has 0 aliphatic rings. The number of aromatic nitrogens is 1. The largest absolute Gasteiger partial charge is 0.382 e. The van der Waals surface area contributed by atoms with Crippen LogP contribution in [0.5, 0.6) is 0 Å². The van der Waals surface area contributed by atoms with Crippen molar-refractivity contribution in [1.29, 1.82) is 0 Å². The Morgan fingerprint density at radius 1 is 1.10 bits per heavy atom. The summed E-state index contributed by atoms with van der Waals surface area (Å²) in [6.07, 6.45) is 0. The molecule has 0 saturated carbocycles. The van der Waals surface area contributed by atoms with E-state index in [1.165, 1.54) is 11.1 Å². The van der Waals surface area contributed by atoms with E-state index in [0.717, 1.165) is 24.3 Å². The molecule has 20 heavy (non-hydrogen) atoms. The highest BCUT2D eigenvalue weighted by Crippen LogP contribution is 2.23. The molecule has 0 saturated heterocycles. The second-order valence-electron chi connectivity index (χ2n) is 6.00. The van der Waals surface area contributed by atoms with Crippen LogP contribution in [0.4, 0.5) is 5.69 Å². The average Bonchev–Trinajstić information content (AvgIpc) is 2.37. The summed E-state index contributed by atoms with van der Waals surface area (Å²) in [6.45, 7) is 10.6. The third-order valence-electron chi connectivity index (χ3n) is 3.07. The van der Waals surface area contributed by atoms with Crippen molar-refractivity contribution in [1.82, 2.24) is 10.3 Å². The smallest absolute Gasteiger partial charge is 0.0726 e. The van der Waals surface area contributed by atoms with Gasteiger partial charge >= 0.3 is 0 Å². The van der Waals surface area contributed by atoms with Crippen LogP contribution in [-0.4, -0.2) is 17.6 Å². The quantitative estimate of drug-likeness (QED) is 0.839. The minimum Gasteiger partial charge on any atom is -0.382 e. The van der Waals surface area contributed by atoms with Crippen LogP contribution in [-0.2, 0) is 6.54 Å². The molecular formula is C17H25N3. The summed E-state index contributed by atoms with van der Waals surface area (Å²) < 4.78 is 0. The van der Waals surface area contributed by atoms with Crippen LogP contribution in [0.3, 0.4) is 0 Å². The van der Waals surface area contributed by atoms with Crippen LogP contribution >= 0.6 is 0 Å². The van der Waals surface area contributed by atoms with Gasteiger partial charge in [-0.05, 0) is 38.4 Å². The molecule has 2 N–H and O–H groups in total. The molecule has 0 aliphatic heterocycles. The highest BCUT2D eigenvalue weighted by molar-refractivity contribution is 5.91. The van der Waals surface area contributed by atoms with Gasteiger partial charge in [0.15, 0.2) is 0 Å². The molecule has 0 aliphatic carbocycles. The Bertz CT molecular complexity index is 561. The summed E-state index contributed by atoms with van der Waals surface area (Å²) in [6, 6.07) is 10.9. The lowest BCUT2D eigenvalue weighted by molar-refractivity contribution is 0.549. The van der Waals surface area contributed by atoms with Gasteiger partial charge in [-0.25, -0.2) is 0 Å². The van der Waals surface area contributed by atoms with Crippen molar-refractivity contribution in [2.45, 2.75) is 40.3 Å². The van der Waals surface area contributed by atoms with Gasteiger partial charge in [-0.3, -0.25) is 4.98 Å². The zero-order valence-corrected chi connectivity index (χ0v) is 12.9. The van der Waals surface area contributed by atoms with Crippen molar-refractivity contribution in [3.05, 3.63) is 36.0 Å². The fourth-order valence-corrected chi connectivity index (χ4v) is 2.24. The van der Waals surface area contributed by atoms with Crippen LogP contribution in [0.25, 0.3) is 10.9 Å². The molecule has 1 aromatic carbocycles. The van der Waals surface area contributed by atoms with Gasteiger partial charge in [-0.2, -0.15) is 0 Å². The van der Waals surface area contributed by atoms with Crippen molar-refractivity contribution in [2.75, 3.05) is 11.9 Å². The Labute approximate surface area is 121 Å². The maximum Gasteiger partial charge on any atom is 0.0726 e. The van der Waals surface area contributed by atoms with E-state index in [1.54, 1.807) is 0 Å². The average molecular weight is 271 g/mol. The Hall–Kier alpha value is -1.61. The van der Waals surface area contributed by atoms with Crippen LogP contribution in [0, 0.1) is 5.92 Å². The van der Waals surface area contributed by atoms with E-state index < -0.39 is 0 Å². The van der Waals surface area contributed by atoms with Crippen molar-refractivity contribution in [3.8, 4) is 0 Å². The van der Waals surface area contributed by atoms with Gasteiger partial charge in [0.05, 0.1) is 11.2 Å². The maximum atomic E-state index is 4.74. The monoisotopic (exact) mass is 271 g/mol. The lowest BCUT2D eigenvalue weighted by Gasteiger charge is -2.15. The summed E-state index contributed by atoms with van der Waals surface area (Å²) >= 11 is 0. The first-order valence-electron chi connectivity index (χ1n) is 7.42. The predicted octanol–water partition coefficient (Wildman–Crippen LogP) is 3.80. The topological polar surface area (TPSA) is 37.0 Å². The lowest BCUT2D eigenvalue weighted by Crippen LogP contribution is -2.20. The molecule has 108 valence electrons. The zero-order chi connectivity index (χ0) is 14.5. The Balaban J connectivity index is 2.27. The molecule has 0 bridgehead atoms. The van der Waals surface area contributed by atoms with Crippen molar-refractivity contribution < 1.29 is 0 Å². The molecule has 0 amide bonds. The number of fused-ring (bicyclic) bond motifs is 1. The van der Waals surface area contributed by atoms with E-state index in [1.807, 2.05) is 6.07 Å². The number of pyridine rings is 1. The molecular weight excluding hydrogens is 246 g/mol. The van der Waals surface area contributed by atoms with E-state index in [4.69, 9.17) is 4.98 Å². The Kier molecular flexibility index (Phi) is 4.96. The van der Waals surface area contributed by atoms with E-state index in [9.17, 15) is 0 Å². The molecule has 0 radical (unpaired) electrons. The Morgan fingerprint density at radius 3 is 2.55 bits per heavy atom. The number of anilines is 1. The second kappa shape index (κ2) is 6.71. The number of para-hydroxylation sites is 1. The minimum absolute atomic E-state index is 0.414. The predicted molar refractivity (Wildman–Crippen MR) is 87.0 cm³/mol. The molecule has 0 unspecified atom stereocenters. The van der Waals surface area contributed by atoms with Gasteiger partial charge in [0.2, 0.25) is 0 Å². The van der Waals surface area contributed by atoms with E-state index in [2.05, 4.69) is 62.6 Å². The first-order valence-corrected chi connectivity index (χ1v) is 7.42. The summed E-state index contributed by atoms with van der Waals surface area (Å²) in [4.78, 5) is 4.74. The van der Waals surface area contributed by atoms with Crippen LogP contribution in [0.1, 0.15) is 33.4 Å². The number of benzene rings is 1. The van der Waals surface area contributed by atoms with Crippen LogP contribution in [0.15, 0.2) is 30.3 Å². The molecule has 0 fully saturated rings. The van der Waals surface area contributed by atoms with Gasteiger partial charge < -0.3 is 10.6 Å². The van der Waals surface area contributed by atoms with E-state index in [0.29, 0.717) is 12.0 Å². The minimum atomic E-state index is 0.414. The number of rotatable bonds is 6. The second-order valence-corrected chi connectivity index (χ2v) is 6.00. The summed E-state index contributed by atoms with van der Waals surface area (Å²) in [5.74, 6) is 0.656. The third-order valence-corrected chi connectivity index (χ3v) is 3.07. The standard InChI is InChI=1S/C17H25N3/c1-12(2)10-18-11-14-9-17(19-13(3)4)15-7-5-6-8-16(15)20-14/h5-9,12-13,18H,10-11H2,1-4H3,(H,19,20). The third kappa shape index (κ3) is 3.94. The first kappa shape index (κ1) is 14.8. The molecule has 1 heterocycles. The fraction of sp³-hybridized carbons (Fsp3) is 0.471. The number of nitrogens with zero attached hydrogens (tertiary/aromatic N) is 1. The molecule has 3 nitrogen and oxygen atoms in total. The van der Waals surface area contributed by atoms with Crippen LogP contribution < -0.4 is 10.6 Å². The molecule has 2 aromatic rings. The SMILES string of the molecule is CC(C)CNCc1cc(NC(C)C)c2ccccc2n1. The van der Waals surface area contributed by atoms with Crippen molar-refractivity contribution in [3.63, 3.8) is 0 Å². The normalized spacial score (nSPS) is 11.5. The van der Waals surface area contributed by atoms with Crippen molar-refractivity contribution >= 4 is 16.6 Å². The van der Waals surface area contributed by atoms with E-state index >= 15 is 0 Å². The van der Waals surface area contributed by atoms with Gasteiger partial charge in [-0.1, -0.05) is 32.0 Å². The molecule has 0 atom stereocenters. The highest BCUT2D eigenvalue weighted by Gasteiger charge is 2.06. The number of nitrogens with one attached hydrogen (secondary N) is 2. The molecule has 3 heteroatoms. The maximum absolute atomic E-state index is 4.74. The van der Waals surface area contributed by atoms with Gasteiger partial charge in [0.1, 0.15) is 0 Å². The summed E-state index contributed by atoms with van der Waals surface area (Å²) in [5, 5.41) is 8.16. The van der Waals surface area contributed by atoms with Gasteiger partial charge in [0, 0.05) is 23.7 Å². The first-order chi connectivity index (χ1) is 9.56. The lowest BCUT2D eigenvalue weighted by atomic mass is 10.1. The highest BCUT2D eigenvalue weighted by atomic mass is 14.9. The number of hydrogen-bond acceptors (Lipinski definition) is 3. The van der Waals surface area contributed by atoms with E-state index in [-0.39, 0.29) is 0 Å². The fourth-order valence-electron chi connectivity index (χ4n) is 2.24. The molecule has 2 rings (SSSR count).